The monoisotopic (exact) mass is 488 g/mol. The Morgan fingerprint density at radius 2 is 1.65 bits per heavy atom. The van der Waals surface area contributed by atoms with Crippen molar-refractivity contribution in [3.63, 3.8) is 0 Å². The number of esters is 1. The van der Waals surface area contributed by atoms with Gasteiger partial charge >= 0.3 is 5.97 Å². The van der Waals surface area contributed by atoms with E-state index in [0.717, 1.165) is 22.4 Å². The number of allylic oxidation sites excluding steroid dienone is 1. The molecule has 0 saturated carbocycles. The van der Waals surface area contributed by atoms with Crippen molar-refractivity contribution in [1.82, 2.24) is 0 Å². The van der Waals surface area contributed by atoms with Crippen molar-refractivity contribution in [2.24, 2.45) is 5.73 Å². The molecule has 0 radical (unpaired) electrons. The molecule has 1 aliphatic heterocycles. The van der Waals surface area contributed by atoms with Crippen molar-refractivity contribution in [1.29, 1.82) is 5.26 Å². The summed E-state index contributed by atoms with van der Waals surface area (Å²) >= 11 is 0. The summed E-state index contributed by atoms with van der Waals surface area (Å²) in [6, 6.07) is 31.8. The first-order valence-corrected chi connectivity index (χ1v) is 11.8. The molecule has 0 amide bonds. The molecular weight excluding hydrogens is 464 g/mol. The Morgan fingerprint density at radius 3 is 2.35 bits per heavy atom. The van der Waals surface area contributed by atoms with Crippen LogP contribution in [0.3, 0.4) is 0 Å². The van der Waals surface area contributed by atoms with Crippen molar-refractivity contribution in [3.05, 3.63) is 136 Å². The molecule has 4 aromatic carbocycles. The molecule has 182 valence electrons. The number of nitrogens with two attached hydrogens (primary N) is 1. The van der Waals surface area contributed by atoms with E-state index in [1.54, 1.807) is 42.5 Å². The van der Waals surface area contributed by atoms with Crippen LogP contribution >= 0.6 is 0 Å². The van der Waals surface area contributed by atoms with Crippen LogP contribution in [0.2, 0.25) is 0 Å². The second-order valence-electron chi connectivity index (χ2n) is 8.72. The van der Waals surface area contributed by atoms with Gasteiger partial charge in [0.1, 0.15) is 35.5 Å². The van der Waals surface area contributed by atoms with E-state index in [1.807, 2.05) is 49.4 Å². The van der Waals surface area contributed by atoms with Crippen molar-refractivity contribution >= 4 is 5.97 Å². The van der Waals surface area contributed by atoms with Crippen LogP contribution in [0.1, 0.15) is 38.5 Å². The molecule has 2 N–H and O–H groups in total. The minimum absolute atomic E-state index is 0.0197. The molecule has 1 aliphatic rings. The summed E-state index contributed by atoms with van der Waals surface area (Å²) < 4.78 is 17.2. The molecule has 37 heavy (non-hydrogen) atoms. The number of carbonyl (C=O) groups is 1. The number of benzene rings is 4. The SMILES string of the molecule is Cc1ccc(COc2ccc(C3C(C#N)=C(N)Oc4cc(OC(=O)c5ccccc5)ccc43)cc2)cc1. The second kappa shape index (κ2) is 10.3. The van der Waals surface area contributed by atoms with Crippen LogP contribution in [0, 0.1) is 18.3 Å². The van der Waals surface area contributed by atoms with Crippen molar-refractivity contribution in [2.75, 3.05) is 0 Å². The number of fused-ring (bicyclic) bond motifs is 1. The zero-order valence-corrected chi connectivity index (χ0v) is 20.2. The minimum Gasteiger partial charge on any atom is -0.489 e. The van der Waals surface area contributed by atoms with Crippen LogP contribution in [0.5, 0.6) is 17.2 Å². The highest BCUT2D eigenvalue weighted by molar-refractivity contribution is 5.91. The molecule has 0 spiro atoms. The van der Waals surface area contributed by atoms with Crippen LogP contribution in [0.4, 0.5) is 0 Å². The molecule has 1 heterocycles. The summed E-state index contributed by atoms with van der Waals surface area (Å²) in [4.78, 5) is 12.5. The fourth-order valence-electron chi connectivity index (χ4n) is 4.19. The number of nitriles is 1. The standard InChI is InChI=1S/C31H24N2O4/c1-20-7-9-21(10-8-20)19-35-24-13-11-22(12-14-24)29-26-16-15-25(17-28(26)37-30(33)27(29)18-32)36-31(34)23-5-3-2-4-6-23/h2-17,29H,19,33H2,1H3. The lowest BCUT2D eigenvalue weighted by atomic mass is 9.83. The first-order chi connectivity index (χ1) is 18.0. The predicted octanol–water partition coefficient (Wildman–Crippen LogP) is 6.01. The zero-order chi connectivity index (χ0) is 25.8. The van der Waals surface area contributed by atoms with Gasteiger partial charge in [-0.1, -0.05) is 66.2 Å². The van der Waals surface area contributed by atoms with E-state index < -0.39 is 11.9 Å². The van der Waals surface area contributed by atoms with Crippen molar-refractivity contribution < 1.29 is 19.0 Å². The van der Waals surface area contributed by atoms with Crippen LogP contribution < -0.4 is 19.9 Å². The van der Waals surface area contributed by atoms with Gasteiger partial charge in [-0.15, -0.1) is 0 Å². The lowest BCUT2D eigenvalue weighted by Gasteiger charge is -2.26. The van der Waals surface area contributed by atoms with Gasteiger partial charge in [0.15, 0.2) is 0 Å². The minimum atomic E-state index is -0.477. The fourth-order valence-corrected chi connectivity index (χ4v) is 4.19. The molecule has 5 rings (SSSR count). The fraction of sp³-hybridized carbons (Fsp3) is 0.0968. The van der Waals surface area contributed by atoms with Gasteiger partial charge in [0, 0.05) is 11.6 Å². The third kappa shape index (κ3) is 5.16. The van der Waals surface area contributed by atoms with Gasteiger partial charge in [0.05, 0.1) is 11.5 Å². The summed E-state index contributed by atoms with van der Waals surface area (Å²) in [5, 5.41) is 9.84. The van der Waals surface area contributed by atoms with Crippen LogP contribution in [-0.2, 0) is 6.61 Å². The number of hydrogen-bond acceptors (Lipinski definition) is 6. The highest BCUT2D eigenvalue weighted by Crippen LogP contribution is 2.43. The predicted molar refractivity (Wildman–Crippen MR) is 139 cm³/mol. The first-order valence-electron chi connectivity index (χ1n) is 11.8. The van der Waals surface area contributed by atoms with E-state index in [0.29, 0.717) is 29.2 Å². The number of rotatable bonds is 6. The highest BCUT2D eigenvalue weighted by Gasteiger charge is 2.31. The topological polar surface area (TPSA) is 94.6 Å². The molecule has 0 fully saturated rings. The second-order valence-corrected chi connectivity index (χ2v) is 8.72. The molecule has 6 nitrogen and oxygen atoms in total. The molecule has 1 unspecified atom stereocenters. The van der Waals surface area contributed by atoms with E-state index in [-0.39, 0.29) is 5.88 Å². The summed E-state index contributed by atoms with van der Waals surface area (Å²) in [6.45, 7) is 2.51. The molecule has 0 aliphatic carbocycles. The molecule has 4 aromatic rings. The highest BCUT2D eigenvalue weighted by atomic mass is 16.5. The normalized spacial score (nSPS) is 14.2. The third-order valence-corrected chi connectivity index (χ3v) is 6.15. The largest absolute Gasteiger partial charge is 0.489 e. The van der Waals surface area contributed by atoms with Gasteiger partial charge in [0.25, 0.3) is 0 Å². The Balaban J connectivity index is 1.37. The maximum absolute atomic E-state index is 12.5. The average molecular weight is 489 g/mol. The Kier molecular flexibility index (Phi) is 6.60. The molecule has 0 saturated heterocycles. The Morgan fingerprint density at radius 1 is 0.946 bits per heavy atom. The number of carbonyl (C=O) groups excluding carboxylic acids is 1. The average Bonchev–Trinajstić information content (AvgIpc) is 2.92. The first kappa shape index (κ1) is 23.7. The Hall–Kier alpha value is -5.02. The van der Waals surface area contributed by atoms with Crippen molar-refractivity contribution in [2.45, 2.75) is 19.4 Å². The summed E-state index contributed by atoms with van der Waals surface area (Å²) in [7, 11) is 0. The van der Waals surface area contributed by atoms with Crippen LogP contribution in [0.15, 0.2) is 109 Å². The molecule has 1 atom stereocenters. The molecule has 6 heteroatoms. The number of ether oxygens (including phenoxy) is 3. The van der Waals surface area contributed by atoms with E-state index in [4.69, 9.17) is 19.9 Å². The number of hydrogen-bond donors (Lipinski definition) is 1. The van der Waals surface area contributed by atoms with Crippen LogP contribution in [-0.4, -0.2) is 5.97 Å². The van der Waals surface area contributed by atoms with Gasteiger partial charge in [-0.25, -0.2) is 4.79 Å². The molecule has 0 aromatic heterocycles. The lowest BCUT2D eigenvalue weighted by molar-refractivity contribution is 0.0734. The van der Waals surface area contributed by atoms with Gasteiger partial charge in [-0.3, -0.25) is 0 Å². The maximum Gasteiger partial charge on any atom is 0.343 e. The summed E-state index contributed by atoms with van der Waals surface area (Å²) in [5.74, 6) is 0.578. The third-order valence-electron chi connectivity index (χ3n) is 6.15. The van der Waals surface area contributed by atoms with Crippen molar-refractivity contribution in [3.8, 4) is 23.3 Å². The van der Waals surface area contributed by atoms with Crippen LogP contribution in [0.25, 0.3) is 0 Å². The summed E-state index contributed by atoms with van der Waals surface area (Å²) in [6.07, 6.45) is 0. The Labute approximate surface area is 215 Å². The molecular formula is C31H24N2O4. The lowest BCUT2D eigenvalue weighted by Crippen LogP contribution is -2.21. The van der Waals surface area contributed by atoms with E-state index in [9.17, 15) is 10.1 Å². The quantitative estimate of drug-likeness (QED) is 0.264. The smallest absolute Gasteiger partial charge is 0.343 e. The van der Waals surface area contributed by atoms with E-state index in [1.165, 1.54) is 5.56 Å². The molecule has 0 bridgehead atoms. The van der Waals surface area contributed by atoms with Gasteiger partial charge in [-0.05, 0) is 48.4 Å². The van der Waals surface area contributed by atoms with E-state index in [2.05, 4.69) is 18.2 Å². The maximum atomic E-state index is 12.5. The zero-order valence-electron chi connectivity index (χ0n) is 20.2. The Bertz CT molecular complexity index is 1500. The number of aryl methyl sites for hydroxylation is 1. The summed E-state index contributed by atoms with van der Waals surface area (Å²) in [5.41, 5.74) is 10.8. The number of nitrogens with zero attached hydrogens (tertiary/aromatic N) is 1. The van der Waals surface area contributed by atoms with Gasteiger partial charge in [0.2, 0.25) is 5.88 Å². The van der Waals surface area contributed by atoms with E-state index >= 15 is 0 Å². The van der Waals surface area contributed by atoms with Gasteiger partial charge in [-0.2, -0.15) is 5.26 Å². The van der Waals surface area contributed by atoms with Gasteiger partial charge < -0.3 is 19.9 Å².